The summed E-state index contributed by atoms with van der Waals surface area (Å²) in [6.45, 7) is 1.98. The van der Waals surface area contributed by atoms with E-state index in [1.54, 1.807) is 18.2 Å². The minimum Gasteiger partial charge on any atom is -0.450 e. The number of rotatable bonds is 12. The van der Waals surface area contributed by atoms with Crippen LogP contribution in [0.5, 0.6) is 0 Å². The van der Waals surface area contributed by atoms with Crippen LogP contribution in [0.1, 0.15) is 43.1 Å². The Kier molecular flexibility index (Phi) is 9.85. The Balaban J connectivity index is 1.42. The summed E-state index contributed by atoms with van der Waals surface area (Å²) in [4.78, 5) is 26.0. The van der Waals surface area contributed by atoms with Gasteiger partial charge in [-0.05, 0) is 54.2 Å². The number of unbranched alkanes of at least 4 members (excludes halogenated alkanes) is 1. The lowest BCUT2D eigenvalue weighted by Crippen LogP contribution is -2.42. The fraction of sp³-hybridized carbons (Fsp3) is 0.375. The maximum atomic E-state index is 12.6. The highest BCUT2D eigenvalue weighted by Gasteiger charge is 2.21. The molecule has 1 atom stereocenters. The molecular weight excluding hydrogens is 477 g/mol. The number of amides is 1. The quantitative estimate of drug-likeness (QED) is 0.360. The van der Waals surface area contributed by atoms with Crippen molar-refractivity contribution in [2.75, 3.05) is 6.61 Å². The first-order valence-corrected chi connectivity index (χ1v) is 11.9. The Morgan fingerprint density at radius 2 is 1.79 bits per heavy atom. The van der Waals surface area contributed by atoms with Gasteiger partial charge in [-0.3, -0.25) is 4.79 Å². The van der Waals surface area contributed by atoms with E-state index in [0.29, 0.717) is 40.9 Å². The molecule has 34 heavy (non-hydrogen) atoms. The van der Waals surface area contributed by atoms with Gasteiger partial charge in [-0.25, -0.2) is 4.79 Å². The minimum absolute atomic E-state index is 0.126. The van der Waals surface area contributed by atoms with Crippen molar-refractivity contribution in [1.82, 2.24) is 25.5 Å². The Bertz CT molecular complexity index is 1070. The number of carbonyl (C=O) groups is 2. The van der Waals surface area contributed by atoms with E-state index in [2.05, 4.69) is 32.9 Å². The highest BCUT2D eigenvalue weighted by atomic mass is 35.5. The molecule has 1 heterocycles. The maximum Gasteiger partial charge on any atom is 0.407 e. The van der Waals surface area contributed by atoms with Gasteiger partial charge in [0.25, 0.3) is 0 Å². The number of hydrogen-bond acceptors (Lipinski definition) is 6. The SMILES string of the molecule is CCC(NC(=O)OCCCCc1ccccc1)C(=O)Cn1nnc(Cc2c(Cl)cccc2Cl)n1. The zero-order valence-corrected chi connectivity index (χ0v) is 20.4. The number of hydrogen-bond donors (Lipinski definition) is 1. The van der Waals surface area contributed by atoms with Gasteiger partial charge in [0.15, 0.2) is 11.6 Å². The van der Waals surface area contributed by atoms with E-state index in [0.717, 1.165) is 19.3 Å². The molecule has 0 fully saturated rings. The largest absolute Gasteiger partial charge is 0.450 e. The molecule has 0 aliphatic heterocycles. The zero-order chi connectivity index (χ0) is 24.3. The summed E-state index contributed by atoms with van der Waals surface area (Å²) < 4.78 is 5.23. The molecule has 180 valence electrons. The number of ether oxygens (including phenoxy) is 1. The molecular formula is C24H27Cl2N5O3. The second-order valence-corrected chi connectivity index (χ2v) is 8.58. The van der Waals surface area contributed by atoms with Crippen molar-refractivity contribution in [1.29, 1.82) is 0 Å². The average Bonchev–Trinajstić information content (AvgIpc) is 3.27. The van der Waals surface area contributed by atoms with Gasteiger partial charge >= 0.3 is 6.09 Å². The molecule has 10 heteroatoms. The van der Waals surface area contributed by atoms with E-state index in [1.807, 2.05) is 25.1 Å². The number of Topliss-reactive ketones (excluding diaryl/α,β-unsaturated/α-hetero) is 1. The molecule has 1 amide bonds. The van der Waals surface area contributed by atoms with Crippen molar-refractivity contribution in [2.45, 2.75) is 51.6 Å². The molecule has 0 saturated heterocycles. The molecule has 0 saturated carbocycles. The van der Waals surface area contributed by atoms with Gasteiger partial charge in [-0.1, -0.05) is 66.5 Å². The molecule has 3 rings (SSSR count). The normalized spacial score (nSPS) is 11.7. The molecule has 3 aromatic rings. The Hall–Kier alpha value is -2.97. The molecule has 8 nitrogen and oxygen atoms in total. The molecule has 0 spiro atoms. The van der Waals surface area contributed by atoms with Gasteiger partial charge in [0.2, 0.25) is 0 Å². The monoisotopic (exact) mass is 503 g/mol. The Morgan fingerprint density at radius 3 is 2.50 bits per heavy atom. The number of halogens is 2. The van der Waals surface area contributed by atoms with Crippen molar-refractivity contribution in [3.05, 3.63) is 75.5 Å². The van der Waals surface area contributed by atoms with E-state index in [4.69, 9.17) is 27.9 Å². The van der Waals surface area contributed by atoms with E-state index in [-0.39, 0.29) is 12.3 Å². The van der Waals surface area contributed by atoms with E-state index in [1.165, 1.54) is 10.4 Å². The third-order valence-corrected chi connectivity index (χ3v) is 5.92. The summed E-state index contributed by atoms with van der Waals surface area (Å²) in [6.07, 6.45) is 2.68. The van der Waals surface area contributed by atoms with Crippen LogP contribution in [0.4, 0.5) is 4.79 Å². The van der Waals surface area contributed by atoms with Crippen LogP contribution in [-0.2, 0) is 28.9 Å². The standard InChI is InChI=1S/C24H27Cl2N5O3/c1-2-21(27-24(33)34-14-7-6-11-17-9-4-3-5-10-17)22(32)16-31-29-23(28-30-31)15-18-19(25)12-8-13-20(18)26/h3-5,8-10,12-13,21H,2,6-7,11,14-16H2,1H3,(H,27,33). The molecule has 0 aliphatic carbocycles. The van der Waals surface area contributed by atoms with Crippen molar-refractivity contribution >= 4 is 35.1 Å². The topological polar surface area (TPSA) is 99.0 Å². The predicted molar refractivity (Wildman–Crippen MR) is 130 cm³/mol. The van der Waals surface area contributed by atoms with Crippen LogP contribution in [0.15, 0.2) is 48.5 Å². The van der Waals surface area contributed by atoms with Crippen molar-refractivity contribution in [3.63, 3.8) is 0 Å². The van der Waals surface area contributed by atoms with Gasteiger partial charge in [0.1, 0.15) is 6.54 Å². The highest BCUT2D eigenvalue weighted by molar-refractivity contribution is 6.36. The highest BCUT2D eigenvalue weighted by Crippen LogP contribution is 2.25. The molecule has 0 radical (unpaired) electrons. The lowest BCUT2D eigenvalue weighted by atomic mass is 10.1. The van der Waals surface area contributed by atoms with Crippen molar-refractivity contribution in [3.8, 4) is 0 Å². The summed E-state index contributed by atoms with van der Waals surface area (Å²) in [5.41, 5.74) is 1.94. The van der Waals surface area contributed by atoms with E-state index < -0.39 is 12.1 Å². The van der Waals surface area contributed by atoms with Gasteiger partial charge in [0.05, 0.1) is 12.6 Å². The minimum atomic E-state index is -0.704. The van der Waals surface area contributed by atoms with Crippen LogP contribution in [0.3, 0.4) is 0 Å². The third-order valence-electron chi connectivity index (χ3n) is 5.21. The van der Waals surface area contributed by atoms with Gasteiger partial charge in [0, 0.05) is 16.5 Å². The molecule has 1 unspecified atom stereocenters. The van der Waals surface area contributed by atoms with Gasteiger partial charge in [-0.15, -0.1) is 10.2 Å². The summed E-state index contributed by atoms with van der Waals surface area (Å²) in [5.74, 6) is 0.141. The number of alkyl carbamates (subject to hydrolysis) is 1. The third kappa shape index (κ3) is 7.81. The van der Waals surface area contributed by atoms with Crippen molar-refractivity contribution in [2.24, 2.45) is 0 Å². The molecule has 1 N–H and O–H groups in total. The van der Waals surface area contributed by atoms with Crippen LogP contribution >= 0.6 is 23.2 Å². The number of benzene rings is 2. The second kappa shape index (κ2) is 13.1. The Labute approximate surface area is 208 Å². The first kappa shape index (κ1) is 25.6. The van der Waals surface area contributed by atoms with Crippen LogP contribution in [0.2, 0.25) is 10.0 Å². The fourth-order valence-corrected chi connectivity index (χ4v) is 3.89. The van der Waals surface area contributed by atoms with Crippen LogP contribution < -0.4 is 5.32 Å². The van der Waals surface area contributed by atoms with E-state index in [9.17, 15) is 9.59 Å². The average molecular weight is 504 g/mol. The van der Waals surface area contributed by atoms with Gasteiger partial charge < -0.3 is 10.1 Å². The Morgan fingerprint density at radius 1 is 1.06 bits per heavy atom. The van der Waals surface area contributed by atoms with E-state index >= 15 is 0 Å². The number of carbonyl (C=O) groups excluding carboxylic acids is 2. The molecule has 0 aliphatic rings. The van der Waals surface area contributed by atoms with Crippen molar-refractivity contribution < 1.29 is 14.3 Å². The molecule has 1 aromatic heterocycles. The van der Waals surface area contributed by atoms with Gasteiger partial charge in [-0.2, -0.15) is 4.80 Å². The fourth-order valence-electron chi connectivity index (χ4n) is 3.36. The first-order chi connectivity index (χ1) is 16.5. The number of aryl methyl sites for hydroxylation is 1. The number of tetrazole rings is 1. The molecule has 2 aromatic carbocycles. The lowest BCUT2D eigenvalue weighted by Gasteiger charge is -2.15. The summed E-state index contributed by atoms with van der Waals surface area (Å²) in [5, 5.41) is 15.8. The molecule has 0 bridgehead atoms. The van der Waals surface area contributed by atoms with Crippen LogP contribution in [0, 0.1) is 0 Å². The maximum absolute atomic E-state index is 12.6. The second-order valence-electron chi connectivity index (χ2n) is 7.76. The van der Waals surface area contributed by atoms with Crippen LogP contribution in [0.25, 0.3) is 0 Å². The first-order valence-electron chi connectivity index (χ1n) is 11.2. The van der Waals surface area contributed by atoms with Crippen LogP contribution in [-0.4, -0.2) is 44.7 Å². The lowest BCUT2D eigenvalue weighted by molar-refractivity contribution is -0.122. The number of ketones is 1. The number of nitrogens with zero attached hydrogens (tertiary/aromatic N) is 4. The summed E-state index contributed by atoms with van der Waals surface area (Å²) >= 11 is 12.4. The smallest absolute Gasteiger partial charge is 0.407 e. The predicted octanol–water partition coefficient (Wildman–Crippen LogP) is 4.67. The number of nitrogens with one attached hydrogen (secondary N) is 1. The summed E-state index contributed by atoms with van der Waals surface area (Å²) in [6, 6.07) is 14.7. The summed E-state index contributed by atoms with van der Waals surface area (Å²) in [7, 11) is 0. The zero-order valence-electron chi connectivity index (χ0n) is 18.9. The number of aromatic nitrogens is 4.